The zero-order chi connectivity index (χ0) is 18.0. The van der Waals surface area contributed by atoms with Crippen molar-refractivity contribution in [2.75, 3.05) is 5.32 Å². The van der Waals surface area contributed by atoms with Crippen LogP contribution in [0.4, 0.5) is 5.69 Å². The summed E-state index contributed by atoms with van der Waals surface area (Å²) < 4.78 is 5.36. The first kappa shape index (κ1) is 17.7. The molecule has 0 saturated carbocycles. The lowest BCUT2D eigenvalue weighted by atomic mass is 9.90. The second-order valence-corrected chi connectivity index (χ2v) is 7.95. The van der Waals surface area contributed by atoms with E-state index in [-0.39, 0.29) is 5.91 Å². The number of carbonyl (C=O) groups is 2. The number of nitrogens with one attached hydrogen (secondary N) is 1. The minimum Gasteiger partial charge on any atom is -0.448 e. The SMILES string of the molecule is Cc1ccc(NC(=O)C(C)OC(=O)c2cc3c(s2)CCC(C)C3)cc1. The maximum atomic E-state index is 12.4. The van der Waals surface area contributed by atoms with Gasteiger partial charge >= 0.3 is 5.97 Å². The van der Waals surface area contributed by atoms with Gasteiger partial charge < -0.3 is 10.1 Å². The van der Waals surface area contributed by atoms with Crippen molar-refractivity contribution in [1.82, 2.24) is 0 Å². The summed E-state index contributed by atoms with van der Waals surface area (Å²) in [5, 5.41) is 2.77. The molecule has 1 aromatic carbocycles. The van der Waals surface area contributed by atoms with Gasteiger partial charge in [0.15, 0.2) is 6.10 Å². The van der Waals surface area contributed by atoms with Crippen LogP contribution >= 0.6 is 11.3 Å². The van der Waals surface area contributed by atoms with Crippen molar-refractivity contribution >= 4 is 28.9 Å². The fourth-order valence-corrected chi connectivity index (χ4v) is 4.05. The van der Waals surface area contributed by atoms with Crippen LogP contribution in [0.3, 0.4) is 0 Å². The molecule has 2 aromatic rings. The molecule has 3 rings (SSSR count). The fraction of sp³-hybridized carbons (Fsp3) is 0.400. The van der Waals surface area contributed by atoms with E-state index in [1.54, 1.807) is 6.92 Å². The van der Waals surface area contributed by atoms with Crippen LogP contribution in [0.5, 0.6) is 0 Å². The van der Waals surface area contributed by atoms with Gasteiger partial charge in [0.1, 0.15) is 4.88 Å². The second-order valence-electron chi connectivity index (χ2n) is 6.81. The van der Waals surface area contributed by atoms with Crippen molar-refractivity contribution in [3.63, 3.8) is 0 Å². The van der Waals surface area contributed by atoms with Gasteiger partial charge in [0.2, 0.25) is 0 Å². The number of thiophene rings is 1. The molecule has 0 aliphatic heterocycles. The maximum absolute atomic E-state index is 12.4. The number of hydrogen-bond donors (Lipinski definition) is 1. The molecule has 0 bridgehead atoms. The Morgan fingerprint density at radius 1 is 1.28 bits per heavy atom. The maximum Gasteiger partial charge on any atom is 0.349 e. The Bertz CT molecular complexity index is 779. The summed E-state index contributed by atoms with van der Waals surface area (Å²) in [7, 11) is 0. The van der Waals surface area contributed by atoms with Gasteiger partial charge in [0.25, 0.3) is 5.91 Å². The van der Waals surface area contributed by atoms with E-state index in [1.807, 2.05) is 37.3 Å². The van der Waals surface area contributed by atoms with E-state index < -0.39 is 12.1 Å². The van der Waals surface area contributed by atoms with Crippen LogP contribution in [0.25, 0.3) is 0 Å². The molecule has 0 spiro atoms. The molecule has 5 heteroatoms. The molecule has 1 heterocycles. The first-order valence-electron chi connectivity index (χ1n) is 8.62. The highest BCUT2D eigenvalue weighted by Crippen LogP contribution is 2.32. The Kier molecular flexibility index (Phi) is 5.23. The van der Waals surface area contributed by atoms with Crippen molar-refractivity contribution in [3.8, 4) is 0 Å². The lowest BCUT2D eigenvalue weighted by Crippen LogP contribution is -2.29. The van der Waals surface area contributed by atoms with E-state index in [0.717, 1.165) is 24.8 Å². The number of carbonyl (C=O) groups excluding carboxylic acids is 2. The van der Waals surface area contributed by atoms with Crippen LogP contribution in [0.1, 0.15) is 45.9 Å². The van der Waals surface area contributed by atoms with Gasteiger partial charge in [-0.3, -0.25) is 4.79 Å². The van der Waals surface area contributed by atoms with E-state index in [9.17, 15) is 9.59 Å². The Morgan fingerprint density at radius 2 is 2.00 bits per heavy atom. The van der Waals surface area contributed by atoms with Crippen LogP contribution in [-0.2, 0) is 22.4 Å². The molecular weight excluding hydrogens is 334 g/mol. The number of esters is 1. The fourth-order valence-electron chi connectivity index (χ4n) is 2.96. The molecule has 1 aliphatic carbocycles. The summed E-state index contributed by atoms with van der Waals surface area (Å²) >= 11 is 1.50. The van der Waals surface area contributed by atoms with Crippen molar-refractivity contribution in [2.24, 2.45) is 5.92 Å². The summed E-state index contributed by atoms with van der Waals surface area (Å²) in [6, 6.07) is 9.43. The average molecular weight is 357 g/mol. The van der Waals surface area contributed by atoms with Gasteiger partial charge in [-0.25, -0.2) is 4.79 Å². The van der Waals surface area contributed by atoms with Gasteiger partial charge in [-0.15, -0.1) is 11.3 Å². The number of benzene rings is 1. The number of anilines is 1. The topological polar surface area (TPSA) is 55.4 Å². The second kappa shape index (κ2) is 7.40. The van der Waals surface area contributed by atoms with Crippen LogP contribution in [0, 0.1) is 12.8 Å². The number of aryl methyl sites for hydroxylation is 2. The van der Waals surface area contributed by atoms with Crippen LogP contribution < -0.4 is 5.32 Å². The van der Waals surface area contributed by atoms with Crippen molar-refractivity contribution in [2.45, 2.75) is 46.1 Å². The largest absolute Gasteiger partial charge is 0.448 e. The van der Waals surface area contributed by atoms with Gasteiger partial charge in [0.05, 0.1) is 0 Å². The quantitative estimate of drug-likeness (QED) is 0.827. The Hall–Kier alpha value is -2.14. The molecule has 132 valence electrons. The molecule has 1 aromatic heterocycles. The normalized spacial score (nSPS) is 17.5. The predicted octanol–water partition coefficient (Wildman–Crippen LogP) is 4.37. The summed E-state index contributed by atoms with van der Waals surface area (Å²) in [6.45, 7) is 5.81. The number of ether oxygens (including phenoxy) is 1. The summed E-state index contributed by atoms with van der Waals surface area (Å²) in [5.74, 6) is -0.0871. The highest BCUT2D eigenvalue weighted by Gasteiger charge is 2.24. The molecule has 1 amide bonds. The highest BCUT2D eigenvalue weighted by molar-refractivity contribution is 7.14. The number of amides is 1. The minimum absolute atomic E-state index is 0.327. The third-order valence-corrected chi connectivity index (χ3v) is 5.72. The Labute approximate surface area is 152 Å². The first-order valence-corrected chi connectivity index (χ1v) is 9.44. The smallest absolute Gasteiger partial charge is 0.349 e. The van der Waals surface area contributed by atoms with Crippen molar-refractivity contribution in [3.05, 3.63) is 51.2 Å². The van der Waals surface area contributed by atoms with Crippen LogP contribution in [0.15, 0.2) is 30.3 Å². The van der Waals surface area contributed by atoms with E-state index in [2.05, 4.69) is 12.2 Å². The zero-order valence-electron chi connectivity index (χ0n) is 14.8. The molecule has 2 atom stereocenters. The lowest BCUT2D eigenvalue weighted by Gasteiger charge is -2.16. The first-order chi connectivity index (χ1) is 11.9. The van der Waals surface area contributed by atoms with E-state index >= 15 is 0 Å². The summed E-state index contributed by atoms with van der Waals surface area (Å²) in [4.78, 5) is 26.5. The molecule has 0 fully saturated rings. The average Bonchev–Trinajstić information content (AvgIpc) is 3.00. The molecular formula is C20H23NO3S. The van der Waals surface area contributed by atoms with E-state index in [0.29, 0.717) is 16.5 Å². The molecule has 1 aliphatic rings. The monoisotopic (exact) mass is 357 g/mol. The number of fused-ring (bicyclic) bond motifs is 1. The molecule has 0 radical (unpaired) electrons. The number of rotatable bonds is 4. The molecule has 4 nitrogen and oxygen atoms in total. The summed E-state index contributed by atoms with van der Waals surface area (Å²) in [6.07, 6.45) is 2.37. The van der Waals surface area contributed by atoms with Crippen LogP contribution in [-0.4, -0.2) is 18.0 Å². The third-order valence-electron chi connectivity index (χ3n) is 4.50. The predicted molar refractivity (Wildman–Crippen MR) is 100 cm³/mol. The van der Waals surface area contributed by atoms with Gasteiger partial charge in [-0.2, -0.15) is 0 Å². The van der Waals surface area contributed by atoms with Crippen molar-refractivity contribution < 1.29 is 14.3 Å². The van der Waals surface area contributed by atoms with E-state index in [4.69, 9.17) is 4.74 Å². The molecule has 1 N–H and O–H groups in total. The summed E-state index contributed by atoms with van der Waals surface area (Å²) in [5.41, 5.74) is 3.07. The van der Waals surface area contributed by atoms with Crippen LogP contribution in [0.2, 0.25) is 0 Å². The highest BCUT2D eigenvalue weighted by atomic mass is 32.1. The van der Waals surface area contributed by atoms with Gasteiger partial charge in [0, 0.05) is 10.6 Å². The lowest BCUT2D eigenvalue weighted by molar-refractivity contribution is -0.123. The molecule has 2 unspecified atom stereocenters. The third kappa shape index (κ3) is 4.28. The molecule has 25 heavy (non-hydrogen) atoms. The Morgan fingerprint density at radius 3 is 2.72 bits per heavy atom. The minimum atomic E-state index is -0.841. The standard InChI is InChI=1S/C20H23NO3S/c1-12-4-7-16(8-5-12)21-19(22)14(3)24-20(23)18-11-15-10-13(2)6-9-17(15)25-18/h4-5,7-8,11,13-14H,6,9-10H2,1-3H3,(H,21,22). The van der Waals surface area contributed by atoms with Gasteiger partial charge in [-0.05, 0) is 62.8 Å². The van der Waals surface area contributed by atoms with Crippen molar-refractivity contribution in [1.29, 1.82) is 0 Å². The number of hydrogen-bond acceptors (Lipinski definition) is 4. The van der Waals surface area contributed by atoms with Gasteiger partial charge in [-0.1, -0.05) is 24.6 Å². The zero-order valence-corrected chi connectivity index (χ0v) is 15.6. The Balaban J connectivity index is 1.60. The molecule has 0 saturated heterocycles. The van der Waals surface area contributed by atoms with E-state index in [1.165, 1.54) is 21.8 Å².